The first-order valence-corrected chi connectivity index (χ1v) is 11.8. The first kappa shape index (κ1) is 19.5. The highest BCUT2D eigenvalue weighted by Gasteiger charge is 2.43. The molecule has 2 atom stereocenters. The normalized spacial score (nSPS) is 23.5. The summed E-state index contributed by atoms with van der Waals surface area (Å²) in [4.78, 5) is 28.4. The first-order valence-electron chi connectivity index (χ1n) is 10.0. The topological polar surface area (TPSA) is 52.6 Å². The van der Waals surface area contributed by atoms with Crippen LogP contribution in [0.1, 0.15) is 25.7 Å². The average molecular weight is 437 g/mol. The number of ether oxygens (including phenoxy) is 2. The van der Waals surface area contributed by atoms with Crippen molar-refractivity contribution in [2.24, 2.45) is 0 Å². The number of Topliss-reactive ketones (excluding diaryl/α,β-unsaturated/α-hetero) is 2. The third-order valence-electron chi connectivity index (χ3n) is 5.29. The maximum Gasteiger partial charge on any atom is 0.227 e. The molecule has 5 rings (SSSR count). The molecule has 0 bridgehead atoms. The predicted octanol–water partition coefficient (Wildman–Crippen LogP) is 5.50. The quantitative estimate of drug-likeness (QED) is 0.590. The molecule has 0 unspecified atom stereocenters. The highest BCUT2D eigenvalue weighted by molar-refractivity contribution is 8.00. The Morgan fingerprint density at radius 2 is 1.03 bits per heavy atom. The van der Waals surface area contributed by atoms with Crippen molar-refractivity contribution in [3.63, 3.8) is 0 Å². The molecule has 0 N–H and O–H groups in total. The van der Waals surface area contributed by atoms with E-state index in [1.807, 2.05) is 60.7 Å². The number of carbonyl (C=O) groups is 2. The molecule has 152 valence electrons. The Morgan fingerprint density at radius 1 is 0.633 bits per heavy atom. The van der Waals surface area contributed by atoms with Crippen molar-refractivity contribution in [1.29, 1.82) is 0 Å². The highest BCUT2D eigenvalue weighted by Crippen LogP contribution is 2.43. The molecule has 0 radical (unpaired) electrons. The molecule has 30 heavy (non-hydrogen) atoms. The number of hydrogen-bond acceptors (Lipinski definition) is 6. The van der Waals surface area contributed by atoms with Crippen LogP contribution in [-0.2, 0) is 19.1 Å². The molecule has 0 aromatic heterocycles. The number of benzene rings is 2. The van der Waals surface area contributed by atoms with Crippen LogP contribution in [-0.4, -0.2) is 22.4 Å². The largest absolute Gasteiger partial charge is 0.475 e. The Kier molecular flexibility index (Phi) is 5.44. The fourth-order valence-electron chi connectivity index (χ4n) is 3.83. The van der Waals surface area contributed by atoms with Gasteiger partial charge in [-0.1, -0.05) is 59.9 Å². The predicted molar refractivity (Wildman–Crippen MR) is 117 cm³/mol. The van der Waals surface area contributed by atoms with Crippen LogP contribution < -0.4 is 0 Å². The number of allylic oxidation sites excluding steroid dienone is 2. The van der Waals surface area contributed by atoms with E-state index < -0.39 is 0 Å². The number of carbonyl (C=O) groups excluding carboxylic acids is 2. The molecular formula is C24H20O4S2. The molecule has 0 fully saturated rings. The van der Waals surface area contributed by atoms with Gasteiger partial charge in [-0.2, -0.15) is 0 Å². The van der Waals surface area contributed by atoms with Gasteiger partial charge in [0.05, 0.1) is 0 Å². The van der Waals surface area contributed by atoms with E-state index in [0.717, 1.165) is 9.79 Å². The van der Waals surface area contributed by atoms with Gasteiger partial charge in [0, 0.05) is 20.9 Å². The fourth-order valence-corrected chi connectivity index (χ4v) is 5.83. The summed E-state index contributed by atoms with van der Waals surface area (Å²) < 4.78 is 12.1. The Labute approximate surface area is 183 Å². The van der Waals surface area contributed by atoms with Gasteiger partial charge in [0.25, 0.3) is 0 Å². The van der Waals surface area contributed by atoms with E-state index in [2.05, 4.69) is 0 Å². The van der Waals surface area contributed by atoms with Gasteiger partial charge in [0.1, 0.15) is 10.9 Å². The molecule has 0 amide bonds. The second kappa shape index (κ2) is 8.36. The van der Waals surface area contributed by atoms with Crippen LogP contribution in [0.15, 0.2) is 93.1 Å². The molecule has 2 heterocycles. The van der Waals surface area contributed by atoms with E-state index >= 15 is 0 Å². The number of hydrogen-bond donors (Lipinski definition) is 0. The minimum Gasteiger partial charge on any atom is -0.475 e. The molecule has 2 aromatic carbocycles. The molecular weight excluding hydrogens is 416 g/mol. The van der Waals surface area contributed by atoms with Crippen molar-refractivity contribution in [3.05, 3.63) is 83.3 Å². The van der Waals surface area contributed by atoms with Crippen molar-refractivity contribution in [1.82, 2.24) is 0 Å². The smallest absolute Gasteiger partial charge is 0.227 e. The zero-order chi connectivity index (χ0) is 20.5. The van der Waals surface area contributed by atoms with E-state index in [1.165, 1.54) is 0 Å². The van der Waals surface area contributed by atoms with Gasteiger partial charge in [0.15, 0.2) is 11.5 Å². The zero-order valence-corrected chi connectivity index (χ0v) is 17.8. The Balaban J connectivity index is 1.32. The molecule has 3 aliphatic rings. The lowest BCUT2D eigenvalue weighted by molar-refractivity contribution is -0.123. The lowest BCUT2D eigenvalue weighted by Crippen LogP contribution is -2.34. The molecule has 0 saturated carbocycles. The van der Waals surface area contributed by atoms with Crippen LogP contribution in [0.4, 0.5) is 0 Å². The highest BCUT2D eigenvalue weighted by atomic mass is 32.2. The summed E-state index contributed by atoms with van der Waals surface area (Å²) in [6.07, 6.45) is 2.42. The van der Waals surface area contributed by atoms with E-state index in [9.17, 15) is 9.59 Å². The van der Waals surface area contributed by atoms with Crippen LogP contribution in [0, 0.1) is 0 Å². The summed E-state index contributed by atoms with van der Waals surface area (Å²) in [5.41, 5.74) is 0.593. The molecule has 0 spiro atoms. The van der Waals surface area contributed by atoms with Crippen molar-refractivity contribution in [2.45, 2.75) is 46.3 Å². The van der Waals surface area contributed by atoms with E-state index in [4.69, 9.17) is 9.47 Å². The Hall–Kier alpha value is -2.44. The van der Waals surface area contributed by atoms with E-state index in [0.29, 0.717) is 36.8 Å². The number of rotatable bonds is 4. The van der Waals surface area contributed by atoms with Gasteiger partial charge in [-0.15, -0.1) is 0 Å². The first-order chi connectivity index (χ1) is 14.7. The molecule has 2 aromatic rings. The summed E-state index contributed by atoms with van der Waals surface area (Å²) in [7, 11) is 0. The van der Waals surface area contributed by atoms with Gasteiger partial charge >= 0.3 is 0 Å². The second-order valence-corrected chi connectivity index (χ2v) is 9.77. The van der Waals surface area contributed by atoms with Gasteiger partial charge in [-0.05, 0) is 49.9 Å². The van der Waals surface area contributed by atoms with Gasteiger partial charge in [-0.3, -0.25) is 9.59 Å². The van der Waals surface area contributed by atoms with Crippen molar-refractivity contribution in [2.75, 3.05) is 0 Å². The lowest BCUT2D eigenvalue weighted by Gasteiger charge is -2.34. The molecule has 0 saturated heterocycles. The lowest BCUT2D eigenvalue weighted by atomic mass is 9.86. The van der Waals surface area contributed by atoms with Crippen LogP contribution in [0.5, 0.6) is 0 Å². The summed E-state index contributed by atoms with van der Waals surface area (Å²) in [5, 5.41) is 0. The Bertz CT molecular complexity index is 958. The van der Waals surface area contributed by atoms with Gasteiger partial charge < -0.3 is 9.47 Å². The summed E-state index contributed by atoms with van der Waals surface area (Å²) in [6, 6.07) is 19.9. The molecule has 1 aliphatic carbocycles. The maximum atomic E-state index is 13.1. The minimum absolute atomic E-state index is 0.170. The van der Waals surface area contributed by atoms with Crippen LogP contribution in [0.3, 0.4) is 0 Å². The van der Waals surface area contributed by atoms with Gasteiger partial charge in [0.2, 0.25) is 11.6 Å². The zero-order valence-electron chi connectivity index (χ0n) is 16.2. The summed E-state index contributed by atoms with van der Waals surface area (Å²) in [6.45, 7) is 0. The van der Waals surface area contributed by atoms with Crippen molar-refractivity contribution in [3.8, 4) is 0 Å². The SMILES string of the molecule is O=C1C2=C(O[C@@H](Sc3ccccc3)CC2)C(=O)C2=C1O[C@@H](Sc1ccccc1)CC2. The van der Waals surface area contributed by atoms with E-state index in [-0.39, 0.29) is 34.0 Å². The summed E-state index contributed by atoms with van der Waals surface area (Å²) in [5.74, 6) is 0.106. The third kappa shape index (κ3) is 3.82. The van der Waals surface area contributed by atoms with E-state index in [1.54, 1.807) is 23.5 Å². The molecule has 4 nitrogen and oxygen atoms in total. The van der Waals surface area contributed by atoms with Gasteiger partial charge in [-0.25, -0.2) is 0 Å². The minimum atomic E-state index is -0.180. The number of ketones is 2. The Morgan fingerprint density at radius 3 is 1.43 bits per heavy atom. The fraction of sp³-hybridized carbons (Fsp3) is 0.250. The van der Waals surface area contributed by atoms with Crippen LogP contribution >= 0.6 is 23.5 Å². The number of thioether (sulfide) groups is 2. The van der Waals surface area contributed by atoms with Crippen LogP contribution in [0.2, 0.25) is 0 Å². The van der Waals surface area contributed by atoms with Crippen LogP contribution in [0.25, 0.3) is 0 Å². The summed E-state index contributed by atoms with van der Waals surface area (Å²) >= 11 is 3.17. The molecule has 2 aliphatic heterocycles. The average Bonchev–Trinajstić information content (AvgIpc) is 2.79. The van der Waals surface area contributed by atoms with Crippen molar-refractivity contribution < 1.29 is 19.1 Å². The maximum absolute atomic E-state index is 13.1. The van der Waals surface area contributed by atoms with Crippen molar-refractivity contribution >= 4 is 35.1 Å². The second-order valence-electron chi connectivity index (χ2n) is 7.31. The third-order valence-corrected chi connectivity index (χ3v) is 7.57. The standard InChI is InChI=1S/C24H20O4S2/c25-21-18-12-14-20(30-16-9-5-2-6-10-16)28-24(18)22(26)17-11-13-19(27-23(17)21)29-15-7-3-1-4-8-15/h1-10,19-20H,11-14H2/t19-,20-/m0/s1. The molecule has 6 heteroatoms. The monoisotopic (exact) mass is 436 g/mol.